The Morgan fingerprint density at radius 2 is 2.11 bits per heavy atom. The molecule has 1 amide bonds. The van der Waals surface area contributed by atoms with Gasteiger partial charge in [0, 0.05) is 6.54 Å². The molecular formula is C13H22NO4. The van der Waals surface area contributed by atoms with Gasteiger partial charge in [-0.25, -0.2) is 4.79 Å². The predicted octanol–water partition coefficient (Wildman–Crippen LogP) is 1.54. The number of hydrogen-bond acceptors (Lipinski definition) is 4. The molecule has 0 aromatic heterocycles. The van der Waals surface area contributed by atoms with Crippen molar-refractivity contribution in [2.45, 2.75) is 57.8 Å². The molecule has 0 aromatic carbocycles. The maximum absolute atomic E-state index is 11.9. The van der Waals surface area contributed by atoms with Crippen LogP contribution in [0.15, 0.2) is 0 Å². The number of amides is 1. The van der Waals surface area contributed by atoms with Crippen LogP contribution in [0.25, 0.3) is 0 Å². The van der Waals surface area contributed by atoms with Gasteiger partial charge in [0.2, 0.25) is 0 Å². The average molecular weight is 256 g/mol. The zero-order chi connectivity index (χ0) is 13.9. The van der Waals surface area contributed by atoms with Gasteiger partial charge in [0.1, 0.15) is 11.7 Å². The minimum atomic E-state index is -1.10. The second kappa shape index (κ2) is 5.69. The van der Waals surface area contributed by atoms with Crippen molar-refractivity contribution in [2.24, 2.45) is 0 Å². The van der Waals surface area contributed by atoms with Gasteiger partial charge in [0.05, 0.1) is 6.04 Å². The van der Waals surface area contributed by atoms with Gasteiger partial charge in [-0.05, 0) is 40.0 Å². The Kier molecular flexibility index (Phi) is 4.73. The molecule has 1 fully saturated rings. The summed E-state index contributed by atoms with van der Waals surface area (Å²) in [7, 11) is 0. The first kappa shape index (κ1) is 15.0. The fourth-order valence-corrected chi connectivity index (χ4v) is 1.97. The number of aliphatic hydroxyl groups is 1. The van der Waals surface area contributed by atoms with Crippen LogP contribution >= 0.6 is 0 Å². The quantitative estimate of drug-likeness (QED) is 0.831. The summed E-state index contributed by atoms with van der Waals surface area (Å²) in [5, 5.41) is 9.53. The molecule has 2 unspecified atom stereocenters. The van der Waals surface area contributed by atoms with Crippen molar-refractivity contribution in [1.82, 2.24) is 4.90 Å². The number of carbonyl (C=O) groups is 2. The first-order valence-corrected chi connectivity index (χ1v) is 6.27. The van der Waals surface area contributed by atoms with Crippen LogP contribution in [0, 0.1) is 6.92 Å². The molecule has 0 spiro atoms. The number of nitrogens with zero attached hydrogens (tertiary/aromatic N) is 1. The fraction of sp³-hybridized carbons (Fsp3) is 0.769. The van der Waals surface area contributed by atoms with Crippen LogP contribution in [0.3, 0.4) is 0 Å². The van der Waals surface area contributed by atoms with Gasteiger partial charge in [-0.2, -0.15) is 0 Å². The molecule has 0 saturated carbocycles. The first-order valence-electron chi connectivity index (χ1n) is 6.27. The number of carbonyl (C=O) groups excluding carboxylic acids is 2. The van der Waals surface area contributed by atoms with E-state index in [0.717, 1.165) is 6.42 Å². The molecule has 0 aromatic rings. The summed E-state index contributed by atoms with van der Waals surface area (Å²) in [5.41, 5.74) is -0.585. The highest BCUT2D eigenvalue weighted by atomic mass is 16.6. The number of ether oxygens (including phenoxy) is 1. The molecule has 18 heavy (non-hydrogen) atoms. The molecule has 1 radical (unpaired) electrons. The Labute approximate surface area is 108 Å². The Hall–Kier alpha value is -1.10. The zero-order valence-electron chi connectivity index (χ0n) is 11.3. The molecule has 103 valence electrons. The molecule has 1 aliphatic rings. The number of rotatable bonds is 3. The third kappa shape index (κ3) is 3.70. The summed E-state index contributed by atoms with van der Waals surface area (Å²) in [4.78, 5) is 25.3. The van der Waals surface area contributed by atoms with Crippen LogP contribution in [-0.4, -0.2) is 46.2 Å². The van der Waals surface area contributed by atoms with Crippen LogP contribution in [0.2, 0.25) is 0 Å². The van der Waals surface area contributed by atoms with E-state index in [1.807, 2.05) is 0 Å². The Bertz CT molecular complexity index is 321. The van der Waals surface area contributed by atoms with E-state index in [4.69, 9.17) is 4.74 Å². The van der Waals surface area contributed by atoms with Crippen LogP contribution in [-0.2, 0) is 9.53 Å². The Morgan fingerprint density at radius 1 is 1.50 bits per heavy atom. The maximum Gasteiger partial charge on any atom is 0.410 e. The molecular weight excluding hydrogens is 234 g/mol. The molecule has 5 heteroatoms. The van der Waals surface area contributed by atoms with E-state index in [9.17, 15) is 14.7 Å². The smallest absolute Gasteiger partial charge is 0.410 e. The van der Waals surface area contributed by atoms with Crippen molar-refractivity contribution in [3.05, 3.63) is 6.92 Å². The van der Waals surface area contributed by atoms with Crippen LogP contribution < -0.4 is 0 Å². The van der Waals surface area contributed by atoms with Crippen LogP contribution in [0.1, 0.15) is 40.0 Å². The van der Waals surface area contributed by atoms with Crippen LogP contribution in [0.4, 0.5) is 4.79 Å². The number of hydrogen-bond donors (Lipinski definition) is 1. The second-order valence-corrected chi connectivity index (χ2v) is 5.54. The van der Waals surface area contributed by atoms with Crippen molar-refractivity contribution in [2.75, 3.05) is 6.54 Å². The summed E-state index contributed by atoms with van der Waals surface area (Å²) in [6.07, 6.45) is -0.140. The van der Waals surface area contributed by atoms with Gasteiger partial charge in [-0.1, -0.05) is 6.92 Å². The molecule has 0 bridgehead atoms. The first-order chi connectivity index (χ1) is 8.26. The van der Waals surface area contributed by atoms with E-state index in [1.54, 1.807) is 20.8 Å². The largest absolute Gasteiger partial charge is 0.444 e. The van der Waals surface area contributed by atoms with Crippen molar-refractivity contribution < 1.29 is 19.4 Å². The summed E-state index contributed by atoms with van der Waals surface area (Å²) >= 11 is 0. The van der Waals surface area contributed by atoms with E-state index >= 15 is 0 Å². The monoisotopic (exact) mass is 256 g/mol. The highest BCUT2D eigenvalue weighted by Crippen LogP contribution is 2.22. The summed E-state index contributed by atoms with van der Waals surface area (Å²) in [5.74, 6) is -0.339. The predicted molar refractivity (Wildman–Crippen MR) is 66.9 cm³/mol. The van der Waals surface area contributed by atoms with Gasteiger partial charge >= 0.3 is 6.09 Å². The molecule has 1 heterocycles. The third-order valence-corrected chi connectivity index (χ3v) is 2.81. The van der Waals surface area contributed by atoms with Crippen molar-refractivity contribution in [3.8, 4) is 0 Å². The Balaban J connectivity index is 2.70. The molecule has 0 aliphatic carbocycles. The van der Waals surface area contributed by atoms with Crippen molar-refractivity contribution in [3.63, 3.8) is 0 Å². The van der Waals surface area contributed by atoms with Gasteiger partial charge in [0.15, 0.2) is 5.78 Å². The lowest BCUT2D eigenvalue weighted by molar-refractivity contribution is -0.131. The standard InChI is InChI=1S/C13H22NO4/c1-5-10(15)11(16)9-7-6-8-14(9)12(17)18-13(2,3)4/h9-10,15H,1,5-8H2,2-4H3. The van der Waals surface area contributed by atoms with E-state index in [2.05, 4.69) is 6.92 Å². The number of aliphatic hydroxyl groups excluding tert-OH is 1. The third-order valence-electron chi connectivity index (χ3n) is 2.81. The maximum atomic E-state index is 11.9. The number of ketones is 1. The van der Waals surface area contributed by atoms with E-state index in [-0.39, 0.29) is 12.2 Å². The lowest BCUT2D eigenvalue weighted by atomic mass is 10.0. The molecule has 2 atom stereocenters. The normalized spacial score (nSPS) is 21.8. The topological polar surface area (TPSA) is 66.8 Å². The highest BCUT2D eigenvalue weighted by molar-refractivity contribution is 5.91. The fourth-order valence-electron chi connectivity index (χ4n) is 1.97. The van der Waals surface area contributed by atoms with Gasteiger partial charge in [-0.15, -0.1) is 0 Å². The number of likely N-dealkylation sites (tertiary alicyclic amines) is 1. The lowest BCUT2D eigenvalue weighted by Gasteiger charge is -2.28. The SMILES string of the molecule is [CH2]CC(O)C(=O)C1CCCN1C(=O)OC(C)(C)C. The van der Waals surface area contributed by atoms with E-state index < -0.39 is 23.8 Å². The summed E-state index contributed by atoms with van der Waals surface area (Å²) in [6.45, 7) is 9.34. The van der Waals surface area contributed by atoms with Crippen molar-refractivity contribution in [1.29, 1.82) is 0 Å². The zero-order valence-corrected chi connectivity index (χ0v) is 11.3. The lowest BCUT2D eigenvalue weighted by Crippen LogP contribution is -2.46. The van der Waals surface area contributed by atoms with E-state index in [1.165, 1.54) is 4.90 Å². The number of Topliss-reactive ketones (excluding diaryl/α,β-unsaturated/α-hetero) is 1. The van der Waals surface area contributed by atoms with Gasteiger partial charge in [-0.3, -0.25) is 9.69 Å². The minimum Gasteiger partial charge on any atom is -0.444 e. The Morgan fingerprint density at radius 3 is 2.61 bits per heavy atom. The van der Waals surface area contributed by atoms with Gasteiger partial charge in [0.25, 0.3) is 0 Å². The highest BCUT2D eigenvalue weighted by Gasteiger charge is 2.38. The second-order valence-electron chi connectivity index (χ2n) is 5.54. The van der Waals surface area contributed by atoms with E-state index in [0.29, 0.717) is 13.0 Å². The molecule has 1 saturated heterocycles. The summed E-state index contributed by atoms with van der Waals surface area (Å²) < 4.78 is 5.25. The molecule has 1 N–H and O–H groups in total. The average Bonchev–Trinajstić information content (AvgIpc) is 2.73. The summed E-state index contributed by atoms with van der Waals surface area (Å²) in [6, 6.07) is -0.573. The minimum absolute atomic E-state index is 0.123. The molecule has 1 rings (SSSR count). The molecule has 1 aliphatic heterocycles. The van der Waals surface area contributed by atoms with Crippen molar-refractivity contribution >= 4 is 11.9 Å². The van der Waals surface area contributed by atoms with Crippen LogP contribution in [0.5, 0.6) is 0 Å². The van der Waals surface area contributed by atoms with Gasteiger partial charge < -0.3 is 9.84 Å². The molecule has 5 nitrogen and oxygen atoms in total.